The number of aromatic nitrogens is 3. The Morgan fingerprint density at radius 3 is 3.00 bits per heavy atom. The zero-order valence-electron chi connectivity index (χ0n) is 8.68. The molecule has 0 unspecified atom stereocenters. The standard InChI is InChI=1S/C10H14N4O/c1-2-5-14-10(8(7-11)12-13-14)9-4-3-6-15-9/h3-4,6H,2,5,7,11H2,1H3. The van der Waals surface area contributed by atoms with Gasteiger partial charge in [-0.05, 0) is 18.6 Å². The first kappa shape index (κ1) is 9.92. The summed E-state index contributed by atoms with van der Waals surface area (Å²) >= 11 is 0. The van der Waals surface area contributed by atoms with Crippen molar-refractivity contribution in [3.63, 3.8) is 0 Å². The van der Waals surface area contributed by atoms with Gasteiger partial charge in [-0.1, -0.05) is 12.1 Å². The topological polar surface area (TPSA) is 69.9 Å². The molecule has 0 amide bonds. The minimum absolute atomic E-state index is 0.375. The zero-order valence-corrected chi connectivity index (χ0v) is 8.68. The van der Waals surface area contributed by atoms with Crippen molar-refractivity contribution in [1.29, 1.82) is 0 Å². The quantitative estimate of drug-likeness (QED) is 0.821. The average molecular weight is 206 g/mol. The van der Waals surface area contributed by atoms with Crippen molar-refractivity contribution in [3.8, 4) is 11.5 Å². The van der Waals surface area contributed by atoms with Crippen molar-refractivity contribution in [2.75, 3.05) is 0 Å². The van der Waals surface area contributed by atoms with E-state index >= 15 is 0 Å². The van der Waals surface area contributed by atoms with Gasteiger partial charge in [0.1, 0.15) is 11.4 Å². The van der Waals surface area contributed by atoms with Crippen LogP contribution in [-0.2, 0) is 13.1 Å². The van der Waals surface area contributed by atoms with E-state index < -0.39 is 0 Å². The van der Waals surface area contributed by atoms with Gasteiger partial charge in [0, 0.05) is 13.1 Å². The lowest BCUT2D eigenvalue weighted by Gasteiger charge is -2.02. The summed E-state index contributed by atoms with van der Waals surface area (Å²) in [5.74, 6) is 0.772. The molecular formula is C10H14N4O. The van der Waals surface area contributed by atoms with Crippen LogP contribution in [0.15, 0.2) is 22.8 Å². The molecule has 5 heteroatoms. The van der Waals surface area contributed by atoms with Gasteiger partial charge in [-0.25, -0.2) is 4.68 Å². The fraction of sp³-hybridized carbons (Fsp3) is 0.400. The predicted octanol–water partition coefficient (Wildman–Crippen LogP) is 1.41. The summed E-state index contributed by atoms with van der Waals surface area (Å²) in [5, 5.41) is 8.10. The number of nitrogens with two attached hydrogens (primary N) is 1. The summed E-state index contributed by atoms with van der Waals surface area (Å²) in [7, 11) is 0. The van der Waals surface area contributed by atoms with Crippen LogP contribution in [0.1, 0.15) is 19.0 Å². The molecule has 80 valence electrons. The number of furan rings is 1. The molecule has 15 heavy (non-hydrogen) atoms. The Morgan fingerprint density at radius 1 is 1.53 bits per heavy atom. The predicted molar refractivity (Wildman–Crippen MR) is 55.9 cm³/mol. The smallest absolute Gasteiger partial charge is 0.153 e. The molecule has 0 aliphatic heterocycles. The molecule has 0 fully saturated rings. The maximum atomic E-state index is 5.61. The largest absolute Gasteiger partial charge is 0.463 e. The molecule has 2 rings (SSSR count). The molecule has 0 bridgehead atoms. The van der Waals surface area contributed by atoms with Crippen molar-refractivity contribution >= 4 is 0 Å². The molecule has 0 atom stereocenters. The molecule has 2 aromatic rings. The summed E-state index contributed by atoms with van der Waals surface area (Å²) in [6.45, 7) is 3.29. The molecule has 2 aromatic heterocycles. The molecule has 5 nitrogen and oxygen atoms in total. The molecule has 2 heterocycles. The van der Waals surface area contributed by atoms with E-state index in [4.69, 9.17) is 10.2 Å². The van der Waals surface area contributed by atoms with Crippen LogP contribution in [0.4, 0.5) is 0 Å². The Kier molecular flexibility index (Phi) is 2.82. The van der Waals surface area contributed by atoms with E-state index in [0.29, 0.717) is 6.54 Å². The summed E-state index contributed by atoms with van der Waals surface area (Å²) in [6.07, 6.45) is 2.64. The number of rotatable bonds is 4. The third-order valence-corrected chi connectivity index (χ3v) is 2.19. The van der Waals surface area contributed by atoms with E-state index in [-0.39, 0.29) is 0 Å². The second-order valence-electron chi connectivity index (χ2n) is 3.29. The van der Waals surface area contributed by atoms with Gasteiger partial charge in [0.15, 0.2) is 5.76 Å². The molecule has 0 spiro atoms. The summed E-state index contributed by atoms with van der Waals surface area (Å²) in [5.41, 5.74) is 7.28. The Bertz CT molecular complexity index is 419. The number of nitrogens with zero attached hydrogens (tertiary/aromatic N) is 3. The van der Waals surface area contributed by atoms with Crippen LogP contribution in [-0.4, -0.2) is 15.0 Å². The van der Waals surface area contributed by atoms with Gasteiger partial charge in [-0.2, -0.15) is 0 Å². The average Bonchev–Trinajstić information content (AvgIpc) is 2.85. The lowest BCUT2D eigenvalue weighted by molar-refractivity contribution is 0.547. The van der Waals surface area contributed by atoms with Gasteiger partial charge in [0.25, 0.3) is 0 Å². The second kappa shape index (κ2) is 4.27. The van der Waals surface area contributed by atoms with Crippen LogP contribution in [0.25, 0.3) is 11.5 Å². The maximum absolute atomic E-state index is 5.61. The third kappa shape index (κ3) is 1.78. The lowest BCUT2D eigenvalue weighted by atomic mass is 10.2. The molecule has 0 saturated heterocycles. The monoisotopic (exact) mass is 206 g/mol. The van der Waals surface area contributed by atoms with Crippen molar-refractivity contribution in [2.45, 2.75) is 26.4 Å². The zero-order chi connectivity index (χ0) is 10.7. The molecule has 0 aliphatic rings. The molecule has 0 aliphatic carbocycles. The number of hydrogen-bond acceptors (Lipinski definition) is 4. The van der Waals surface area contributed by atoms with Crippen LogP contribution in [0.5, 0.6) is 0 Å². The van der Waals surface area contributed by atoms with Gasteiger partial charge in [-0.15, -0.1) is 5.10 Å². The highest BCUT2D eigenvalue weighted by Crippen LogP contribution is 2.22. The van der Waals surface area contributed by atoms with Crippen molar-refractivity contribution in [1.82, 2.24) is 15.0 Å². The first-order valence-corrected chi connectivity index (χ1v) is 5.03. The normalized spacial score (nSPS) is 10.8. The van der Waals surface area contributed by atoms with Crippen molar-refractivity contribution in [2.24, 2.45) is 5.73 Å². The van der Waals surface area contributed by atoms with Crippen molar-refractivity contribution in [3.05, 3.63) is 24.1 Å². The highest BCUT2D eigenvalue weighted by Gasteiger charge is 2.15. The van der Waals surface area contributed by atoms with E-state index in [1.165, 1.54) is 0 Å². The van der Waals surface area contributed by atoms with Crippen LogP contribution in [0.3, 0.4) is 0 Å². The van der Waals surface area contributed by atoms with Crippen LogP contribution < -0.4 is 5.73 Å². The Morgan fingerprint density at radius 2 is 2.40 bits per heavy atom. The van der Waals surface area contributed by atoms with Gasteiger partial charge in [-0.3, -0.25) is 0 Å². The van der Waals surface area contributed by atoms with Gasteiger partial charge in [0.2, 0.25) is 0 Å². The highest BCUT2D eigenvalue weighted by atomic mass is 16.3. The highest BCUT2D eigenvalue weighted by molar-refractivity contribution is 5.55. The van der Waals surface area contributed by atoms with Gasteiger partial charge < -0.3 is 10.2 Å². The Hall–Kier alpha value is -1.62. The van der Waals surface area contributed by atoms with E-state index in [1.807, 2.05) is 16.8 Å². The molecular weight excluding hydrogens is 192 g/mol. The summed E-state index contributed by atoms with van der Waals surface area (Å²) in [4.78, 5) is 0. The fourth-order valence-corrected chi connectivity index (χ4v) is 1.54. The number of hydrogen-bond donors (Lipinski definition) is 1. The molecule has 0 radical (unpaired) electrons. The number of aryl methyl sites for hydroxylation is 1. The minimum atomic E-state index is 0.375. The van der Waals surface area contributed by atoms with E-state index in [1.54, 1.807) is 6.26 Å². The molecule has 0 saturated carbocycles. The van der Waals surface area contributed by atoms with Gasteiger partial charge >= 0.3 is 0 Å². The van der Waals surface area contributed by atoms with E-state index in [9.17, 15) is 0 Å². The summed E-state index contributed by atoms with van der Waals surface area (Å²) in [6, 6.07) is 3.74. The van der Waals surface area contributed by atoms with Crippen molar-refractivity contribution < 1.29 is 4.42 Å². The molecule has 2 N–H and O–H groups in total. The van der Waals surface area contributed by atoms with Crippen LogP contribution >= 0.6 is 0 Å². The Labute approximate surface area is 87.9 Å². The SMILES string of the molecule is CCCn1nnc(CN)c1-c1ccco1. The van der Waals surface area contributed by atoms with E-state index in [2.05, 4.69) is 17.2 Å². The van der Waals surface area contributed by atoms with Crippen LogP contribution in [0.2, 0.25) is 0 Å². The third-order valence-electron chi connectivity index (χ3n) is 2.19. The Balaban J connectivity index is 2.46. The second-order valence-corrected chi connectivity index (χ2v) is 3.29. The minimum Gasteiger partial charge on any atom is -0.463 e. The van der Waals surface area contributed by atoms with E-state index in [0.717, 1.165) is 30.1 Å². The summed E-state index contributed by atoms with van der Waals surface area (Å²) < 4.78 is 7.19. The van der Waals surface area contributed by atoms with Crippen LogP contribution in [0, 0.1) is 0 Å². The maximum Gasteiger partial charge on any atom is 0.153 e. The first-order chi connectivity index (χ1) is 7.36. The molecule has 0 aromatic carbocycles. The lowest BCUT2D eigenvalue weighted by Crippen LogP contribution is -2.03. The first-order valence-electron chi connectivity index (χ1n) is 5.03. The fourth-order valence-electron chi connectivity index (χ4n) is 1.54. The van der Waals surface area contributed by atoms with Gasteiger partial charge in [0.05, 0.1) is 6.26 Å².